The van der Waals surface area contributed by atoms with Crippen LogP contribution in [0.4, 0.5) is 0 Å². The van der Waals surface area contributed by atoms with Gasteiger partial charge in [-0.25, -0.2) is 0 Å². The van der Waals surface area contributed by atoms with Crippen molar-refractivity contribution in [3.05, 3.63) is 42.0 Å². The van der Waals surface area contributed by atoms with E-state index in [1.165, 1.54) is 24.8 Å². The maximum Gasteiger partial charge on any atom is 0.0258 e. The molecule has 2 N–H and O–H groups in total. The van der Waals surface area contributed by atoms with Crippen LogP contribution in [0.1, 0.15) is 45.1 Å². The minimum absolute atomic E-state index is 0.472. The predicted molar refractivity (Wildman–Crippen MR) is 87.5 cm³/mol. The number of hydrogen-bond donors (Lipinski definition) is 1. The van der Waals surface area contributed by atoms with E-state index in [2.05, 4.69) is 61.2 Å². The number of rotatable bonds is 5. The van der Waals surface area contributed by atoms with Crippen molar-refractivity contribution in [3.63, 3.8) is 0 Å². The highest BCUT2D eigenvalue weighted by atomic mass is 15.2. The molecule has 110 valence electrons. The fourth-order valence-electron chi connectivity index (χ4n) is 3.43. The van der Waals surface area contributed by atoms with E-state index in [9.17, 15) is 0 Å². The summed E-state index contributed by atoms with van der Waals surface area (Å²) in [5.41, 5.74) is 7.30. The number of likely N-dealkylation sites (tertiary alicyclic amines) is 1. The normalized spacial score (nSPS) is 25.9. The summed E-state index contributed by atoms with van der Waals surface area (Å²) >= 11 is 0. The summed E-state index contributed by atoms with van der Waals surface area (Å²) in [6, 6.07) is 12.3. The molecule has 1 aromatic carbocycles. The second-order valence-electron chi connectivity index (χ2n) is 6.01. The zero-order chi connectivity index (χ0) is 14.4. The highest BCUT2D eigenvalue weighted by Crippen LogP contribution is 2.26. The first-order valence-electron chi connectivity index (χ1n) is 7.91. The van der Waals surface area contributed by atoms with Crippen molar-refractivity contribution >= 4 is 6.08 Å². The first kappa shape index (κ1) is 15.3. The van der Waals surface area contributed by atoms with E-state index in [-0.39, 0.29) is 0 Å². The average molecular weight is 272 g/mol. The van der Waals surface area contributed by atoms with Crippen molar-refractivity contribution in [1.29, 1.82) is 0 Å². The lowest BCUT2D eigenvalue weighted by Crippen LogP contribution is -2.52. The summed E-state index contributed by atoms with van der Waals surface area (Å²) in [5.74, 6) is 0. The second kappa shape index (κ2) is 7.61. The monoisotopic (exact) mass is 272 g/mol. The molecule has 0 bridgehead atoms. The molecule has 2 rings (SSSR count). The van der Waals surface area contributed by atoms with Gasteiger partial charge in [0.1, 0.15) is 0 Å². The Bertz CT molecular complexity index is 403. The van der Waals surface area contributed by atoms with Gasteiger partial charge < -0.3 is 5.73 Å². The van der Waals surface area contributed by atoms with Crippen LogP contribution in [0.3, 0.4) is 0 Å². The number of piperidine rings is 1. The molecule has 3 atom stereocenters. The fraction of sp³-hybridized carbons (Fsp3) is 0.556. The lowest BCUT2D eigenvalue weighted by Gasteiger charge is -2.43. The van der Waals surface area contributed by atoms with Crippen molar-refractivity contribution < 1.29 is 0 Å². The van der Waals surface area contributed by atoms with E-state index in [1.807, 2.05) is 0 Å². The van der Waals surface area contributed by atoms with E-state index >= 15 is 0 Å². The number of benzene rings is 1. The van der Waals surface area contributed by atoms with Gasteiger partial charge in [0.25, 0.3) is 0 Å². The minimum Gasteiger partial charge on any atom is -0.329 e. The Hall–Kier alpha value is -1.12. The third-order valence-electron chi connectivity index (χ3n) is 4.47. The highest BCUT2D eigenvalue weighted by molar-refractivity contribution is 5.48. The van der Waals surface area contributed by atoms with E-state index < -0.39 is 0 Å². The molecule has 1 fully saturated rings. The molecule has 20 heavy (non-hydrogen) atoms. The summed E-state index contributed by atoms with van der Waals surface area (Å²) < 4.78 is 0. The van der Waals surface area contributed by atoms with Crippen LogP contribution in [0.2, 0.25) is 0 Å². The minimum atomic E-state index is 0.472. The Morgan fingerprint density at radius 3 is 2.45 bits per heavy atom. The fourth-order valence-corrected chi connectivity index (χ4v) is 3.43. The van der Waals surface area contributed by atoms with E-state index in [0.717, 1.165) is 13.0 Å². The molecular formula is C18H28N2. The van der Waals surface area contributed by atoms with Crippen LogP contribution >= 0.6 is 0 Å². The smallest absolute Gasteiger partial charge is 0.0258 e. The van der Waals surface area contributed by atoms with Gasteiger partial charge >= 0.3 is 0 Å². The molecule has 0 amide bonds. The van der Waals surface area contributed by atoms with Gasteiger partial charge in [-0.3, -0.25) is 4.90 Å². The lowest BCUT2D eigenvalue weighted by molar-refractivity contribution is 0.0595. The van der Waals surface area contributed by atoms with Gasteiger partial charge in [0, 0.05) is 24.7 Å². The third-order valence-corrected chi connectivity index (χ3v) is 4.47. The van der Waals surface area contributed by atoms with Crippen LogP contribution in [-0.4, -0.2) is 29.6 Å². The first-order valence-corrected chi connectivity index (χ1v) is 7.91. The Morgan fingerprint density at radius 2 is 1.85 bits per heavy atom. The van der Waals surface area contributed by atoms with Crippen LogP contribution in [-0.2, 0) is 0 Å². The third kappa shape index (κ3) is 3.94. The summed E-state index contributed by atoms with van der Waals surface area (Å²) in [7, 11) is 0. The van der Waals surface area contributed by atoms with Gasteiger partial charge in [-0.15, -0.1) is 0 Å². The maximum absolute atomic E-state index is 6.03. The molecule has 0 aliphatic carbocycles. The number of nitrogens with zero attached hydrogens (tertiary/aromatic N) is 1. The molecule has 1 saturated heterocycles. The van der Waals surface area contributed by atoms with Gasteiger partial charge in [-0.1, -0.05) is 48.9 Å². The SMILES string of the molecule is CC1CCCC(C)N1C(CN)C/C=C\c1ccccc1. The molecule has 1 aliphatic rings. The Labute approximate surface area is 123 Å². The van der Waals surface area contributed by atoms with Crippen molar-refractivity contribution in [3.8, 4) is 0 Å². The standard InChI is InChI=1S/C18H28N2/c1-15-8-6-9-16(2)20(15)18(14-19)13-7-12-17-10-4-3-5-11-17/h3-5,7,10-12,15-16,18H,6,8-9,13-14,19H2,1-2H3/b12-7-. The zero-order valence-electron chi connectivity index (χ0n) is 12.8. The summed E-state index contributed by atoms with van der Waals surface area (Å²) in [5, 5.41) is 0. The van der Waals surface area contributed by atoms with Crippen molar-refractivity contribution in [2.24, 2.45) is 5.73 Å². The molecular weight excluding hydrogens is 244 g/mol. The topological polar surface area (TPSA) is 29.3 Å². The Morgan fingerprint density at radius 1 is 1.20 bits per heavy atom. The van der Waals surface area contributed by atoms with Gasteiger partial charge in [-0.05, 0) is 38.7 Å². The predicted octanol–water partition coefficient (Wildman–Crippen LogP) is 3.68. The van der Waals surface area contributed by atoms with Crippen LogP contribution < -0.4 is 5.73 Å². The summed E-state index contributed by atoms with van der Waals surface area (Å²) in [6.07, 6.45) is 9.51. The molecule has 0 spiro atoms. The quantitative estimate of drug-likeness (QED) is 0.886. The molecule has 0 saturated carbocycles. The highest BCUT2D eigenvalue weighted by Gasteiger charge is 2.29. The summed E-state index contributed by atoms with van der Waals surface area (Å²) in [6.45, 7) is 5.44. The first-order chi connectivity index (χ1) is 9.72. The number of hydrogen-bond acceptors (Lipinski definition) is 2. The van der Waals surface area contributed by atoms with Crippen LogP contribution in [0.25, 0.3) is 6.08 Å². The van der Waals surface area contributed by atoms with Gasteiger partial charge in [0.2, 0.25) is 0 Å². The maximum atomic E-state index is 6.03. The molecule has 1 aromatic rings. The molecule has 0 aromatic heterocycles. The number of nitrogens with two attached hydrogens (primary N) is 1. The van der Waals surface area contributed by atoms with E-state index in [4.69, 9.17) is 5.73 Å². The van der Waals surface area contributed by atoms with Crippen molar-refractivity contribution in [2.45, 2.75) is 57.7 Å². The Kier molecular flexibility index (Phi) is 5.81. The van der Waals surface area contributed by atoms with Crippen LogP contribution in [0.15, 0.2) is 36.4 Å². The lowest BCUT2D eigenvalue weighted by atomic mass is 9.94. The average Bonchev–Trinajstić information content (AvgIpc) is 2.46. The van der Waals surface area contributed by atoms with Crippen LogP contribution in [0, 0.1) is 0 Å². The van der Waals surface area contributed by atoms with Crippen molar-refractivity contribution in [1.82, 2.24) is 4.90 Å². The zero-order valence-corrected chi connectivity index (χ0v) is 12.8. The molecule has 1 aliphatic heterocycles. The van der Waals surface area contributed by atoms with E-state index in [1.54, 1.807) is 0 Å². The van der Waals surface area contributed by atoms with Gasteiger partial charge in [0.15, 0.2) is 0 Å². The van der Waals surface area contributed by atoms with Crippen molar-refractivity contribution in [2.75, 3.05) is 6.54 Å². The molecule has 3 unspecified atom stereocenters. The van der Waals surface area contributed by atoms with Gasteiger partial charge in [0.05, 0.1) is 0 Å². The molecule has 2 nitrogen and oxygen atoms in total. The molecule has 2 heteroatoms. The van der Waals surface area contributed by atoms with Gasteiger partial charge in [-0.2, -0.15) is 0 Å². The largest absolute Gasteiger partial charge is 0.329 e. The molecule has 0 radical (unpaired) electrons. The second-order valence-corrected chi connectivity index (χ2v) is 6.01. The Balaban J connectivity index is 1.96. The van der Waals surface area contributed by atoms with E-state index in [0.29, 0.717) is 18.1 Å². The molecule has 1 heterocycles. The summed E-state index contributed by atoms with van der Waals surface area (Å²) in [4.78, 5) is 2.64. The van der Waals surface area contributed by atoms with Crippen LogP contribution in [0.5, 0.6) is 0 Å².